The normalized spacial score (nSPS) is 13.7. The van der Waals surface area contributed by atoms with Crippen LogP contribution in [0.1, 0.15) is 26.5 Å². The molecule has 7 heteroatoms. The van der Waals surface area contributed by atoms with Gasteiger partial charge in [0.2, 0.25) is 0 Å². The van der Waals surface area contributed by atoms with Crippen molar-refractivity contribution in [2.75, 3.05) is 24.5 Å². The SMILES string of the molecule is Cc1nc(N2CCN(CCc3ccccc3)C2=O)sc1C(=O)NCc1ccccc1. The zero-order valence-corrected chi connectivity index (χ0v) is 17.7. The highest BCUT2D eigenvalue weighted by Crippen LogP contribution is 2.29. The quantitative estimate of drug-likeness (QED) is 0.631. The summed E-state index contributed by atoms with van der Waals surface area (Å²) in [5.74, 6) is -0.160. The molecule has 3 aromatic rings. The Morgan fingerprint density at radius 2 is 1.70 bits per heavy atom. The molecule has 6 nitrogen and oxygen atoms in total. The number of thiazole rings is 1. The summed E-state index contributed by atoms with van der Waals surface area (Å²) in [7, 11) is 0. The van der Waals surface area contributed by atoms with Gasteiger partial charge in [-0.1, -0.05) is 72.0 Å². The number of urea groups is 1. The molecule has 0 bridgehead atoms. The van der Waals surface area contributed by atoms with Crippen LogP contribution in [0.25, 0.3) is 0 Å². The van der Waals surface area contributed by atoms with Gasteiger partial charge in [0, 0.05) is 26.2 Å². The van der Waals surface area contributed by atoms with Crippen LogP contribution in [0.2, 0.25) is 0 Å². The Morgan fingerprint density at radius 3 is 2.40 bits per heavy atom. The van der Waals surface area contributed by atoms with Gasteiger partial charge in [0.05, 0.1) is 5.69 Å². The van der Waals surface area contributed by atoms with E-state index in [4.69, 9.17) is 0 Å². The van der Waals surface area contributed by atoms with Gasteiger partial charge in [0.25, 0.3) is 5.91 Å². The van der Waals surface area contributed by atoms with E-state index in [9.17, 15) is 9.59 Å². The first-order valence-corrected chi connectivity index (χ1v) is 10.8. The number of anilines is 1. The van der Waals surface area contributed by atoms with E-state index in [0.717, 1.165) is 12.0 Å². The third kappa shape index (κ3) is 4.52. The minimum atomic E-state index is -0.160. The fourth-order valence-corrected chi connectivity index (χ4v) is 4.45. The predicted octanol–water partition coefficient (Wildman–Crippen LogP) is 3.87. The number of amides is 3. The van der Waals surface area contributed by atoms with Crippen LogP contribution in [0.3, 0.4) is 0 Å². The van der Waals surface area contributed by atoms with E-state index >= 15 is 0 Å². The predicted molar refractivity (Wildman–Crippen MR) is 119 cm³/mol. The lowest BCUT2D eigenvalue weighted by atomic mass is 10.1. The van der Waals surface area contributed by atoms with Gasteiger partial charge in [-0.05, 0) is 24.5 Å². The molecule has 0 atom stereocenters. The van der Waals surface area contributed by atoms with Crippen molar-refractivity contribution in [2.24, 2.45) is 0 Å². The number of benzene rings is 2. The second-order valence-corrected chi connectivity index (χ2v) is 8.21. The van der Waals surface area contributed by atoms with E-state index in [1.807, 2.05) is 60.4 Å². The summed E-state index contributed by atoms with van der Waals surface area (Å²) < 4.78 is 0. The Morgan fingerprint density at radius 1 is 1.03 bits per heavy atom. The summed E-state index contributed by atoms with van der Waals surface area (Å²) in [6.45, 7) is 4.20. The lowest BCUT2D eigenvalue weighted by molar-refractivity contribution is 0.0954. The lowest BCUT2D eigenvalue weighted by Crippen LogP contribution is -2.33. The number of aromatic nitrogens is 1. The van der Waals surface area contributed by atoms with Crippen LogP contribution in [-0.4, -0.2) is 41.5 Å². The van der Waals surface area contributed by atoms with Crippen molar-refractivity contribution < 1.29 is 9.59 Å². The average molecular weight is 421 g/mol. The van der Waals surface area contributed by atoms with Crippen molar-refractivity contribution >= 4 is 28.4 Å². The van der Waals surface area contributed by atoms with Gasteiger partial charge in [0.1, 0.15) is 4.88 Å². The summed E-state index contributed by atoms with van der Waals surface area (Å²) in [4.78, 5) is 34.0. The van der Waals surface area contributed by atoms with Crippen LogP contribution >= 0.6 is 11.3 Å². The van der Waals surface area contributed by atoms with Crippen molar-refractivity contribution in [1.82, 2.24) is 15.2 Å². The number of hydrogen-bond acceptors (Lipinski definition) is 4. The number of aryl methyl sites for hydroxylation is 1. The Kier molecular flexibility index (Phi) is 6.09. The number of hydrogen-bond donors (Lipinski definition) is 1. The largest absolute Gasteiger partial charge is 0.347 e. The molecule has 0 unspecified atom stereocenters. The molecule has 0 aliphatic carbocycles. The third-order valence-electron chi connectivity index (χ3n) is 5.13. The van der Waals surface area contributed by atoms with Crippen LogP contribution in [0.4, 0.5) is 9.93 Å². The summed E-state index contributed by atoms with van der Waals surface area (Å²) in [6.07, 6.45) is 0.824. The zero-order valence-electron chi connectivity index (χ0n) is 16.9. The monoisotopic (exact) mass is 420 g/mol. The zero-order chi connectivity index (χ0) is 20.9. The van der Waals surface area contributed by atoms with E-state index in [-0.39, 0.29) is 11.9 Å². The standard InChI is InChI=1S/C23H24N4O2S/c1-17-20(21(28)24-16-19-10-6-3-7-11-19)30-22(25-17)27-15-14-26(23(27)29)13-12-18-8-4-2-5-9-18/h2-11H,12-16H2,1H3,(H,24,28). The van der Waals surface area contributed by atoms with Crippen molar-refractivity contribution in [3.63, 3.8) is 0 Å². The smallest absolute Gasteiger partial charge is 0.326 e. The fraction of sp³-hybridized carbons (Fsp3) is 0.261. The highest BCUT2D eigenvalue weighted by Gasteiger charge is 2.32. The van der Waals surface area contributed by atoms with Gasteiger partial charge >= 0.3 is 6.03 Å². The van der Waals surface area contributed by atoms with Gasteiger partial charge in [-0.3, -0.25) is 9.69 Å². The van der Waals surface area contributed by atoms with E-state index < -0.39 is 0 Å². The molecule has 154 valence electrons. The van der Waals surface area contributed by atoms with Crippen LogP contribution in [-0.2, 0) is 13.0 Å². The Labute approximate surface area is 180 Å². The van der Waals surface area contributed by atoms with Crippen molar-refractivity contribution in [3.8, 4) is 0 Å². The molecule has 1 N–H and O–H groups in total. The highest BCUT2D eigenvalue weighted by molar-refractivity contribution is 7.17. The summed E-state index contributed by atoms with van der Waals surface area (Å²) in [5, 5.41) is 3.52. The summed E-state index contributed by atoms with van der Waals surface area (Å²) in [6, 6.07) is 19.9. The molecule has 1 aromatic heterocycles. The minimum Gasteiger partial charge on any atom is -0.347 e. The molecule has 1 fully saturated rings. The maximum atomic E-state index is 12.8. The van der Waals surface area contributed by atoms with Gasteiger partial charge < -0.3 is 10.2 Å². The second-order valence-electron chi connectivity index (χ2n) is 7.24. The maximum Gasteiger partial charge on any atom is 0.326 e. The molecule has 2 heterocycles. The van der Waals surface area contributed by atoms with Crippen molar-refractivity contribution in [3.05, 3.63) is 82.4 Å². The van der Waals surface area contributed by atoms with Crippen LogP contribution in [0, 0.1) is 6.92 Å². The van der Waals surface area contributed by atoms with E-state index in [1.54, 1.807) is 4.90 Å². The van der Waals surface area contributed by atoms with Crippen molar-refractivity contribution in [1.29, 1.82) is 0 Å². The van der Waals surface area contributed by atoms with E-state index in [0.29, 0.717) is 41.9 Å². The molecule has 0 radical (unpaired) electrons. The number of carbonyl (C=O) groups excluding carboxylic acids is 2. The fourth-order valence-electron chi connectivity index (χ4n) is 3.44. The van der Waals surface area contributed by atoms with Crippen LogP contribution in [0.5, 0.6) is 0 Å². The topological polar surface area (TPSA) is 65.5 Å². The van der Waals surface area contributed by atoms with Gasteiger partial charge in [-0.15, -0.1) is 0 Å². The number of nitrogens with zero attached hydrogens (tertiary/aromatic N) is 3. The first-order chi connectivity index (χ1) is 14.6. The molecule has 1 aliphatic rings. The molecule has 2 aromatic carbocycles. The molecule has 0 spiro atoms. The first-order valence-electron chi connectivity index (χ1n) is 10.0. The Balaban J connectivity index is 1.37. The second kappa shape index (κ2) is 9.09. The van der Waals surface area contributed by atoms with E-state index in [1.165, 1.54) is 16.9 Å². The maximum absolute atomic E-state index is 12.8. The molecule has 0 saturated carbocycles. The molecular formula is C23H24N4O2S. The highest BCUT2D eigenvalue weighted by atomic mass is 32.1. The van der Waals surface area contributed by atoms with E-state index in [2.05, 4.69) is 22.4 Å². The van der Waals surface area contributed by atoms with Gasteiger partial charge in [0.15, 0.2) is 5.13 Å². The van der Waals surface area contributed by atoms with Crippen LogP contribution in [0.15, 0.2) is 60.7 Å². The summed E-state index contributed by atoms with van der Waals surface area (Å²) in [5.41, 5.74) is 2.90. The van der Waals surface area contributed by atoms with Crippen LogP contribution < -0.4 is 10.2 Å². The first kappa shape index (κ1) is 20.1. The molecule has 30 heavy (non-hydrogen) atoms. The number of rotatable bonds is 7. The molecule has 4 rings (SSSR count). The lowest BCUT2D eigenvalue weighted by Gasteiger charge is -2.16. The Bertz CT molecular complexity index is 1020. The third-order valence-corrected chi connectivity index (χ3v) is 6.31. The molecular weight excluding hydrogens is 396 g/mol. The molecule has 1 aliphatic heterocycles. The summed E-state index contributed by atoms with van der Waals surface area (Å²) >= 11 is 1.28. The molecule has 3 amide bonds. The number of carbonyl (C=O) groups is 2. The van der Waals surface area contributed by atoms with Gasteiger partial charge in [-0.2, -0.15) is 0 Å². The minimum absolute atomic E-state index is 0.0454. The van der Waals surface area contributed by atoms with Gasteiger partial charge in [-0.25, -0.2) is 9.78 Å². The average Bonchev–Trinajstić information content (AvgIpc) is 3.34. The molecule has 1 saturated heterocycles. The number of nitrogens with one attached hydrogen (secondary N) is 1. The van der Waals surface area contributed by atoms with Crippen molar-refractivity contribution in [2.45, 2.75) is 19.9 Å². The Hall–Kier alpha value is -3.19.